The molecular formula is C4H13NO2S2. The third kappa shape index (κ3) is 55.8. The van der Waals surface area contributed by atoms with Crippen molar-refractivity contribution in [2.24, 2.45) is 0 Å². The van der Waals surface area contributed by atoms with Crippen LogP contribution in [0.4, 0.5) is 0 Å². The highest BCUT2D eigenvalue weighted by Crippen LogP contribution is 1.84. The average molecular weight is 171 g/mol. The zero-order valence-corrected chi connectivity index (χ0v) is 7.15. The van der Waals surface area contributed by atoms with Gasteiger partial charge in [-0.15, -0.1) is 0 Å². The molecule has 0 saturated carbocycles. The summed E-state index contributed by atoms with van der Waals surface area (Å²) >= 11 is 7.33. The number of rotatable bonds is 2. The van der Waals surface area contributed by atoms with Crippen molar-refractivity contribution in [1.29, 1.82) is 0 Å². The Kier molecular flexibility index (Phi) is 15.5. The van der Waals surface area contributed by atoms with E-state index in [0.717, 1.165) is 0 Å². The Hall–Kier alpha value is 0.580. The van der Waals surface area contributed by atoms with Crippen molar-refractivity contribution in [1.82, 2.24) is 3.71 Å². The number of thiol groups is 2. The first-order chi connectivity index (χ1) is 4.15. The Labute approximate surface area is 66.8 Å². The van der Waals surface area contributed by atoms with Gasteiger partial charge in [0.25, 0.3) is 0 Å². The Morgan fingerprint density at radius 2 is 1.44 bits per heavy atom. The molecule has 0 aromatic heterocycles. The minimum absolute atomic E-state index is 0.0938. The van der Waals surface area contributed by atoms with Crippen LogP contribution in [-0.4, -0.2) is 34.2 Å². The van der Waals surface area contributed by atoms with Gasteiger partial charge in [-0.25, -0.2) is 3.71 Å². The van der Waals surface area contributed by atoms with Crippen molar-refractivity contribution in [2.45, 2.75) is 6.42 Å². The number of nitrogens with zero attached hydrogens (tertiary/aromatic N) is 1. The predicted molar refractivity (Wildman–Crippen MR) is 44.5 cm³/mol. The maximum atomic E-state index is 7.91. The van der Waals surface area contributed by atoms with Gasteiger partial charge in [-0.2, -0.15) is 0 Å². The highest BCUT2D eigenvalue weighted by atomic mass is 32.2. The van der Waals surface area contributed by atoms with E-state index in [0.29, 0.717) is 6.42 Å². The fourth-order valence-electron chi connectivity index (χ4n) is 0.0707. The van der Waals surface area contributed by atoms with Crippen LogP contribution in [0, 0.1) is 0 Å². The second-order valence-electron chi connectivity index (χ2n) is 1.29. The molecule has 0 aromatic rings. The summed E-state index contributed by atoms with van der Waals surface area (Å²) in [5.41, 5.74) is 0. The topological polar surface area (TPSA) is 43.7 Å². The molecule has 0 spiro atoms. The first-order valence-electron chi connectivity index (χ1n) is 2.48. The molecule has 2 N–H and O–H groups in total. The van der Waals surface area contributed by atoms with Crippen LogP contribution in [-0.2, 0) is 0 Å². The zero-order chi connectivity index (χ0) is 7.70. The molecule has 0 saturated heterocycles. The van der Waals surface area contributed by atoms with Gasteiger partial charge in [0.2, 0.25) is 0 Å². The first-order valence-corrected chi connectivity index (χ1v) is 3.28. The van der Waals surface area contributed by atoms with Crippen LogP contribution in [0.2, 0.25) is 0 Å². The molecule has 0 fully saturated rings. The van der Waals surface area contributed by atoms with E-state index in [1.54, 1.807) is 7.05 Å². The standard InChI is InChI=1S/C3H8O2.CH5NS2/c4-2-1-3-5;1-2(3)4/h4-5H,1-3H2;3-4H,1H3. The highest BCUT2D eigenvalue weighted by Gasteiger charge is 1.70. The number of hydrogen-bond acceptors (Lipinski definition) is 5. The lowest BCUT2D eigenvalue weighted by Gasteiger charge is -1.86. The smallest absolute Gasteiger partial charge is 0.0452 e. The van der Waals surface area contributed by atoms with Crippen molar-refractivity contribution in [3.8, 4) is 0 Å². The first kappa shape index (κ1) is 12.3. The molecule has 0 aliphatic heterocycles. The molecule has 0 atom stereocenters. The minimum atomic E-state index is 0.0938. The second kappa shape index (κ2) is 11.4. The molecule has 0 amide bonds. The van der Waals surface area contributed by atoms with E-state index >= 15 is 0 Å². The number of hydrogen-bond donors (Lipinski definition) is 4. The molecule has 5 heteroatoms. The van der Waals surface area contributed by atoms with Gasteiger partial charge in [0.15, 0.2) is 0 Å². The summed E-state index contributed by atoms with van der Waals surface area (Å²) < 4.78 is 1.39. The zero-order valence-electron chi connectivity index (χ0n) is 5.36. The van der Waals surface area contributed by atoms with Gasteiger partial charge in [0.1, 0.15) is 0 Å². The Bertz CT molecular complexity index is 40.8. The molecule has 0 rings (SSSR count). The Morgan fingerprint density at radius 1 is 1.22 bits per heavy atom. The maximum absolute atomic E-state index is 7.91. The Balaban J connectivity index is 0. The van der Waals surface area contributed by atoms with Gasteiger partial charge < -0.3 is 10.2 Å². The minimum Gasteiger partial charge on any atom is -0.396 e. The van der Waals surface area contributed by atoms with Gasteiger partial charge in [-0.1, -0.05) is 25.6 Å². The molecule has 0 aliphatic carbocycles. The van der Waals surface area contributed by atoms with Crippen molar-refractivity contribution in [3.05, 3.63) is 0 Å². The molecule has 0 heterocycles. The van der Waals surface area contributed by atoms with E-state index in [2.05, 4.69) is 25.6 Å². The van der Waals surface area contributed by atoms with Gasteiger partial charge in [-0.3, -0.25) is 0 Å². The summed E-state index contributed by atoms with van der Waals surface area (Å²) in [7, 11) is 1.73. The van der Waals surface area contributed by atoms with Crippen LogP contribution < -0.4 is 0 Å². The molecule has 9 heavy (non-hydrogen) atoms. The van der Waals surface area contributed by atoms with Crippen LogP contribution in [0.5, 0.6) is 0 Å². The molecule has 58 valence electrons. The van der Waals surface area contributed by atoms with E-state index in [9.17, 15) is 0 Å². The summed E-state index contributed by atoms with van der Waals surface area (Å²) in [5.74, 6) is 0. The quantitative estimate of drug-likeness (QED) is 0.441. The third-order valence-electron chi connectivity index (χ3n) is 0.316. The van der Waals surface area contributed by atoms with Crippen LogP contribution in [0.15, 0.2) is 0 Å². The van der Waals surface area contributed by atoms with Gasteiger partial charge in [0.05, 0.1) is 0 Å². The molecule has 0 bridgehead atoms. The summed E-state index contributed by atoms with van der Waals surface area (Å²) in [6.07, 6.45) is 0.500. The van der Waals surface area contributed by atoms with E-state index in [4.69, 9.17) is 10.2 Å². The molecule has 3 nitrogen and oxygen atoms in total. The van der Waals surface area contributed by atoms with Crippen molar-refractivity contribution < 1.29 is 10.2 Å². The van der Waals surface area contributed by atoms with E-state index in [1.807, 2.05) is 0 Å². The molecule has 0 unspecified atom stereocenters. The molecule has 0 aromatic carbocycles. The summed E-state index contributed by atoms with van der Waals surface area (Å²) in [6, 6.07) is 0. The van der Waals surface area contributed by atoms with Gasteiger partial charge in [0, 0.05) is 20.3 Å². The van der Waals surface area contributed by atoms with E-state index in [1.165, 1.54) is 3.71 Å². The van der Waals surface area contributed by atoms with E-state index in [-0.39, 0.29) is 13.2 Å². The van der Waals surface area contributed by atoms with Crippen molar-refractivity contribution >= 4 is 25.6 Å². The number of aliphatic hydroxyl groups excluding tert-OH is 2. The summed E-state index contributed by atoms with van der Waals surface area (Å²) in [4.78, 5) is 0. The fourth-order valence-corrected chi connectivity index (χ4v) is 0.0707. The van der Waals surface area contributed by atoms with Crippen LogP contribution in [0.25, 0.3) is 0 Å². The van der Waals surface area contributed by atoms with Gasteiger partial charge >= 0.3 is 0 Å². The second-order valence-corrected chi connectivity index (χ2v) is 2.81. The van der Waals surface area contributed by atoms with Crippen LogP contribution in [0.1, 0.15) is 6.42 Å². The van der Waals surface area contributed by atoms with E-state index < -0.39 is 0 Å². The maximum Gasteiger partial charge on any atom is 0.0452 e. The Morgan fingerprint density at radius 3 is 1.44 bits per heavy atom. The molecule has 0 radical (unpaired) electrons. The normalized spacial score (nSPS) is 8.67. The van der Waals surface area contributed by atoms with Crippen LogP contribution in [0.3, 0.4) is 0 Å². The average Bonchev–Trinajstić information content (AvgIpc) is 1.66. The lowest BCUT2D eigenvalue weighted by Crippen LogP contribution is -1.85. The summed E-state index contributed by atoms with van der Waals surface area (Å²) in [6.45, 7) is 0.188. The molecule has 0 aliphatic rings. The lowest BCUT2D eigenvalue weighted by atomic mass is 10.5. The lowest BCUT2D eigenvalue weighted by molar-refractivity contribution is 0.221. The molecular weight excluding hydrogens is 158 g/mol. The third-order valence-corrected chi connectivity index (χ3v) is 0.316. The van der Waals surface area contributed by atoms with Crippen molar-refractivity contribution in [3.63, 3.8) is 0 Å². The largest absolute Gasteiger partial charge is 0.396 e. The number of aliphatic hydroxyl groups is 2. The van der Waals surface area contributed by atoms with Gasteiger partial charge in [-0.05, 0) is 6.42 Å². The predicted octanol–water partition coefficient (Wildman–Crippen LogP) is -0.0311. The monoisotopic (exact) mass is 171 g/mol. The summed E-state index contributed by atoms with van der Waals surface area (Å²) in [5, 5.41) is 15.8. The fraction of sp³-hybridized carbons (Fsp3) is 1.00. The SMILES string of the molecule is CN(S)S.OCCCO. The van der Waals surface area contributed by atoms with Crippen LogP contribution >= 0.6 is 25.6 Å². The highest BCUT2D eigenvalue weighted by molar-refractivity contribution is 7.93. The van der Waals surface area contributed by atoms with Crippen molar-refractivity contribution in [2.75, 3.05) is 20.3 Å².